The monoisotopic (exact) mass is 719 g/mol. The highest BCUT2D eigenvalue weighted by molar-refractivity contribution is 6.19. The first-order chi connectivity index (χ1) is 27.8. The van der Waals surface area contributed by atoms with Crippen molar-refractivity contribution in [2.45, 2.75) is 12.5 Å². The van der Waals surface area contributed by atoms with E-state index in [0.29, 0.717) is 0 Å². The lowest BCUT2D eigenvalue weighted by molar-refractivity contribution is 0.341. The van der Waals surface area contributed by atoms with Crippen molar-refractivity contribution in [3.63, 3.8) is 0 Å². The van der Waals surface area contributed by atoms with E-state index in [9.17, 15) is 0 Å². The van der Waals surface area contributed by atoms with E-state index in [4.69, 9.17) is 4.99 Å². The summed E-state index contributed by atoms with van der Waals surface area (Å²) >= 11 is 0. The van der Waals surface area contributed by atoms with Crippen LogP contribution >= 0.6 is 0 Å². The third-order valence-corrected chi connectivity index (χ3v) is 11.2. The first-order valence-electron chi connectivity index (χ1n) is 19.2. The Balaban J connectivity index is 1.23. The number of nitrogens with one attached hydrogen (secondary N) is 2. The molecule has 0 saturated carbocycles. The molecule has 56 heavy (non-hydrogen) atoms. The van der Waals surface area contributed by atoms with Gasteiger partial charge in [-0.3, -0.25) is 5.32 Å². The number of amidine groups is 1. The van der Waals surface area contributed by atoms with E-state index in [0.717, 1.165) is 39.2 Å². The van der Waals surface area contributed by atoms with Crippen molar-refractivity contribution < 1.29 is 0 Å². The maximum atomic E-state index is 5.43. The Labute approximate surface area is 324 Å². The van der Waals surface area contributed by atoms with Gasteiger partial charge in [-0.05, 0) is 41.0 Å². The van der Waals surface area contributed by atoms with Crippen LogP contribution in [0.2, 0.25) is 0 Å². The summed E-state index contributed by atoms with van der Waals surface area (Å²) in [4.78, 5) is 5.43. The molecule has 0 aliphatic carbocycles. The lowest BCUT2D eigenvalue weighted by atomic mass is 9.95. The third-order valence-electron chi connectivity index (χ3n) is 11.2. The molecule has 2 atom stereocenters. The number of hydrogen-bond donors (Lipinski definition) is 2. The number of fused-ring (bicyclic) bond motifs is 6. The van der Waals surface area contributed by atoms with E-state index in [1.165, 1.54) is 49.3 Å². The van der Waals surface area contributed by atoms with Crippen LogP contribution in [0.25, 0.3) is 71.6 Å². The zero-order chi connectivity index (χ0) is 37.0. The fourth-order valence-electron chi connectivity index (χ4n) is 8.69. The number of rotatable bonds is 6. The predicted molar refractivity (Wildman–Crippen MR) is 232 cm³/mol. The van der Waals surface area contributed by atoms with Gasteiger partial charge in [0.05, 0.1) is 27.8 Å². The van der Waals surface area contributed by atoms with E-state index < -0.39 is 6.29 Å². The van der Waals surface area contributed by atoms with Crippen LogP contribution in [0.5, 0.6) is 0 Å². The standard InChI is InChI=1S/C51H37N5/c1-5-18-34(19-6-1)38-28-17-29-39(35-20-7-2-8-21-35)48(38)55-44-30-15-13-26-40(44)42-32-43-41-27-14-16-31-45(41)56(47(43)33-46(42)55)51-53-49(36-22-9-3-10-23-36)52-50(54-51)37-24-11-4-12-25-37/h1-33,49,51,53H,(H,52,54). The fraction of sp³-hybridized carbons (Fsp3) is 0.0392. The van der Waals surface area contributed by atoms with Gasteiger partial charge < -0.3 is 14.5 Å². The first-order valence-corrected chi connectivity index (χ1v) is 19.2. The largest absolute Gasteiger partial charge is 0.350 e. The molecule has 0 spiro atoms. The van der Waals surface area contributed by atoms with E-state index in [-0.39, 0.29) is 6.17 Å². The maximum Gasteiger partial charge on any atom is 0.184 e. The lowest BCUT2D eigenvalue weighted by Gasteiger charge is -2.33. The molecule has 266 valence electrons. The summed E-state index contributed by atoms with van der Waals surface area (Å²) in [5.41, 5.74) is 12.6. The minimum absolute atomic E-state index is 0.161. The van der Waals surface area contributed by atoms with Gasteiger partial charge in [-0.2, -0.15) is 0 Å². The van der Waals surface area contributed by atoms with Crippen LogP contribution in [0.3, 0.4) is 0 Å². The molecule has 5 heteroatoms. The quantitative estimate of drug-likeness (QED) is 0.180. The smallest absolute Gasteiger partial charge is 0.184 e. The molecule has 0 amide bonds. The van der Waals surface area contributed by atoms with Gasteiger partial charge in [-0.1, -0.05) is 176 Å². The summed E-state index contributed by atoms with van der Waals surface area (Å²) in [7, 11) is 0. The predicted octanol–water partition coefficient (Wildman–Crippen LogP) is 12.0. The number of aliphatic imine (C=N–C) groups is 1. The topological polar surface area (TPSA) is 46.3 Å². The summed E-state index contributed by atoms with van der Waals surface area (Å²) in [5, 5.41) is 12.4. The molecular formula is C51H37N5. The molecule has 1 aliphatic rings. The number of nitrogens with zero attached hydrogens (tertiary/aromatic N) is 3. The van der Waals surface area contributed by atoms with E-state index >= 15 is 0 Å². The Kier molecular flexibility index (Phi) is 7.64. The van der Waals surface area contributed by atoms with E-state index in [1.807, 2.05) is 6.07 Å². The molecule has 10 aromatic rings. The second-order valence-corrected chi connectivity index (χ2v) is 14.4. The van der Waals surface area contributed by atoms with Crippen LogP contribution < -0.4 is 10.6 Å². The molecule has 1 aliphatic heterocycles. The highest BCUT2D eigenvalue weighted by Gasteiger charge is 2.29. The van der Waals surface area contributed by atoms with Gasteiger partial charge in [0.25, 0.3) is 0 Å². The Morgan fingerprint density at radius 3 is 1.57 bits per heavy atom. The van der Waals surface area contributed by atoms with Gasteiger partial charge in [0.2, 0.25) is 0 Å². The van der Waals surface area contributed by atoms with Gasteiger partial charge in [0.1, 0.15) is 12.0 Å². The maximum absolute atomic E-state index is 5.43. The summed E-state index contributed by atoms with van der Waals surface area (Å²) in [6, 6.07) is 71.6. The number of aromatic nitrogens is 2. The van der Waals surface area contributed by atoms with Gasteiger partial charge in [0, 0.05) is 38.2 Å². The fourth-order valence-corrected chi connectivity index (χ4v) is 8.69. The highest BCUT2D eigenvalue weighted by atomic mass is 15.4. The molecule has 5 nitrogen and oxygen atoms in total. The summed E-state index contributed by atoms with van der Waals surface area (Å²) in [6.07, 6.45) is -0.558. The first kappa shape index (κ1) is 32.2. The van der Waals surface area contributed by atoms with Crippen molar-refractivity contribution in [1.82, 2.24) is 19.8 Å². The number of benzene rings is 8. The van der Waals surface area contributed by atoms with Crippen molar-refractivity contribution in [2.75, 3.05) is 0 Å². The summed E-state index contributed by atoms with van der Waals surface area (Å²) in [6.45, 7) is 0. The molecule has 0 bridgehead atoms. The average molecular weight is 720 g/mol. The van der Waals surface area contributed by atoms with Crippen LogP contribution in [-0.2, 0) is 0 Å². The molecular weight excluding hydrogens is 683 g/mol. The molecule has 0 fully saturated rings. The molecule has 8 aromatic carbocycles. The minimum Gasteiger partial charge on any atom is -0.350 e. The second-order valence-electron chi connectivity index (χ2n) is 14.4. The van der Waals surface area contributed by atoms with Crippen molar-refractivity contribution in [3.05, 3.63) is 211 Å². The molecule has 2 unspecified atom stereocenters. The van der Waals surface area contributed by atoms with Crippen LogP contribution in [0.1, 0.15) is 23.6 Å². The molecule has 2 N–H and O–H groups in total. The Bertz CT molecular complexity index is 3010. The van der Waals surface area contributed by atoms with Crippen molar-refractivity contribution >= 4 is 49.4 Å². The Morgan fingerprint density at radius 1 is 0.411 bits per heavy atom. The summed E-state index contributed by atoms with van der Waals surface area (Å²) < 4.78 is 4.89. The van der Waals surface area contributed by atoms with Crippen LogP contribution in [0.4, 0.5) is 0 Å². The molecule has 3 heterocycles. The Morgan fingerprint density at radius 2 is 0.929 bits per heavy atom. The second kappa shape index (κ2) is 13.3. The van der Waals surface area contributed by atoms with Crippen molar-refractivity contribution in [1.29, 1.82) is 0 Å². The molecule has 2 aromatic heterocycles. The summed E-state index contributed by atoms with van der Waals surface area (Å²) in [5.74, 6) is 0.855. The average Bonchev–Trinajstić information content (AvgIpc) is 3.78. The number of para-hydroxylation sites is 3. The number of hydrogen-bond acceptors (Lipinski definition) is 3. The third kappa shape index (κ3) is 5.24. The van der Waals surface area contributed by atoms with Crippen molar-refractivity contribution in [3.8, 4) is 27.9 Å². The van der Waals surface area contributed by atoms with Gasteiger partial charge in [-0.15, -0.1) is 0 Å². The van der Waals surface area contributed by atoms with E-state index in [2.05, 4.69) is 214 Å². The van der Waals surface area contributed by atoms with Gasteiger partial charge >= 0.3 is 0 Å². The van der Waals surface area contributed by atoms with Gasteiger partial charge in [0.15, 0.2) is 6.29 Å². The van der Waals surface area contributed by atoms with Crippen LogP contribution in [0.15, 0.2) is 205 Å². The zero-order valence-corrected chi connectivity index (χ0v) is 30.5. The van der Waals surface area contributed by atoms with Crippen LogP contribution in [-0.4, -0.2) is 15.0 Å². The zero-order valence-electron chi connectivity index (χ0n) is 30.5. The van der Waals surface area contributed by atoms with Crippen molar-refractivity contribution in [2.24, 2.45) is 4.99 Å². The SMILES string of the molecule is c1ccc(C2=NC(n3c4ccccc4c4cc5c6ccccc6n(-c6c(-c7ccccc7)cccc6-c6ccccc6)c5cc43)NC(c3ccccc3)N2)cc1. The van der Waals surface area contributed by atoms with Gasteiger partial charge in [-0.25, -0.2) is 4.99 Å². The van der Waals surface area contributed by atoms with Crippen LogP contribution in [0, 0.1) is 0 Å². The Hall–Kier alpha value is -7.21. The highest BCUT2D eigenvalue weighted by Crippen LogP contribution is 2.44. The molecule has 11 rings (SSSR count). The molecule has 0 radical (unpaired) electrons. The lowest BCUT2D eigenvalue weighted by Crippen LogP contribution is -2.46. The minimum atomic E-state index is -0.397. The normalized spacial score (nSPS) is 15.7. The molecule has 0 saturated heterocycles. The van der Waals surface area contributed by atoms with E-state index in [1.54, 1.807) is 0 Å².